The van der Waals surface area contributed by atoms with E-state index in [0.29, 0.717) is 6.54 Å². The van der Waals surface area contributed by atoms with Crippen LogP contribution >= 0.6 is 22.1 Å². The predicted octanol–water partition coefficient (Wildman–Crippen LogP) is 1.51. The molecule has 0 aromatic heterocycles. The van der Waals surface area contributed by atoms with Crippen LogP contribution in [0.1, 0.15) is 13.8 Å². The highest BCUT2D eigenvalue weighted by molar-refractivity contribution is 7.78. The number of cyclic esters (lactones) is 1. The van der Waals surface area contributed by atoms with Crippen LogP contribution in [0.4, 0.5) is 4.79 Å². The molecule has 1 aliphatic heterocycles. The minimum Gasteiger partial charge on any atom is -0.440 e. The summed E-state index contributed by atoms with van der Waals surface area (Å²) in [6, 6.07) is 0. The minimum atomic E-state index is -0.367. The Kier molecular flexibility index (Phi) is 4.83. The SMILES string of the molecule is CC.O=C1OC(P)CN1S. The van der Waals surface area contributed by atoms with Gasteiger partial charge in [-0.3, -0.25) is 4.31 Å². The summed E-state index contributed by atoms with van der Waals surface area (Å²) < 4.78 is 5.88. The van der Waals surface area contributed by atoms with Gasteiger partial charge in [-0.1, -0.05) is 35.9 Å². The number of carbonyl (C=O) groups excluding carboxylic acids is 1. The minimum absolute atomic E-state index is 0.0833. The number of thiol groups is 1. The standard InChI is InChI=1S/C3H6NO2PS.C2H6/c5-3-4(8)1-2(7)6-3;1-2/h2,8H,1,7H2;1-2H3. The van der Waals surface area contributed by atoms with E-state index in [2.05, 4.69) is 26.8 Å². The van der Waals surface area contributed by atoms with Gasteiger partial charge in [0.2, 0.25) is 0 Å². The molecule has 0 aromatic carbocycles. The maximum atomic E-state index is 10.4. The van der Waals surface area contributed by atoms with Crippen LogP contribution < -0.4 is 0 Å². The lowest BCUT2D eigenvalue weighted by molar-refractivity contribution is 0.164. The van der Waals surface area contributed by atoms with Gasteiger partial charge in [-0.25, -0.2) is 4.79 Å². The summed E-state index contributed by atoms with van der Waals surface area (Å²) in [5.41, 5.74) is 0. The normalized spacial score (nSPS) is 23.4. The van der Waals surface area contributed by atoms with Crippen molar-refractivity contribution in [2.45, 2.75) is 19.7 Å². The molecule has 0 spiro atoms. The fourth-order valence-electron chi connectivity index (χ4n) is 0.473. The summed E-state index contributed by atoms with van der Waals surface area (Å²) >= 11 is 3.79. The van der Waals surface area contributed by atoms with Crippen molar-refractivity contribution in [2.24, 2.45) is 0 Å². The Balaban J connectivity index is 0.000000371. The summed E-state index contributed by atoms with van der Waals surface area (Å²) in [5, 5.41) is 0. The molecule has 10 heavy (non-hydrogen) atoms. The Labute approximate surface area is 68.9 Å². The van der Waals surface area contributed by atoms with Crippen LogP contribution in [0, 0.1) is 0 Å². The average Bonchev–Trinajstić information content (AvgIpc) is 2.16. The molecule has 0 N–H and O–H groups in total. The summed E-state index contributed by atoms with van der Waals surface area (Å²) in [7, 11) is 2.39. The first-order valence-electron chi connectivity index (χ1n) is 3.13. The Bertz CT molecular complexity index is 122. The monoisotopic (exact) mass is 181 g/mol. The topological polar surface area (TPSA) is 29.5 Å². The highest BCUT2D eigenvalue weighted by atomic mass is 32.1. The van der Waals surface area contributed by atoms with E-state index in [4.69, 9.17) is 0 Å². The fraction of sp³-hybridized carbons (Fsp3) is 0.800. The van der Waals surface area contributed by atoms with Crippen LogP contribution in [-0.4, -0.2) is 22.8 Å². The molecule has 0 aromatic rings. The van der Waals surface area contributed by atoms with Gasteiger partial charge >= 0.3 is 6.09 Å². The van der Waals surface area contributed by atoms with Crippen molar-refractivity contribution in [3.05, 3.63) is 0 Å². The second kappa shape index (κ2) is 4.80. The molecular formula is C5H12NO2PS. The molecule has 1 saturated heterocycles. The van der Waals surface area contributed by atoms with E-state index in [0.717, 1.165) is 0 Å². The second-order valence-corrected chi connectivity index (χ2v) is 2.73. The van der Waals surface area contributed by atoms with Gasteiger partial charge in [0.25, 0.3) is 0 Å². The number of nitrogens with zero attached hydrogens (tertiary/aromatic N) is 1. The molecule has 1 aliphatic rings. The first-order chi connectivity index (χ1) is 4.70. The maximum Gasteiger partial charge on any atom is 0.420 e. The summed E-state index contributed by atoms with van der Waals surface area (Å²) in [6.07, 6.45) is -0.367. The molecule has 0 aliphatic carbocycles. The number of rotatable bonds is 0. The second-order valence-electron chi connectivity index (χ2n) is 1.50. The van der Waals surface area contributed by atoms with E-state index in [-0.39, 0.29) is 11.9 Å². The first-order valence-corrected chi connectivity index (χ1v) is 4.19. The van der Waals surface area contributed by atoms with Crippen molar-refractivity contribution >= 4 is 28.1 Å². The van der Waals surface area contributed by atoms with Gasteiger partial charge in [0, 0.05) is 0 Å². The highest BCUT2D eigenvalue weighted by Gasteiger charge is 2.25. The molecule has 60 valence electrons. The molecule has 1 rings (SSSR count). The lowest BCUT2D eigenvalue weighted by Gasteiger charge is -1.97. The quantitative estimate of drug-likeness (QED) is 0.453. The van der Waals surface area contributed by atoms with Crippen LogP contribution in [0.2, 0.25) is 0 Å². The van der Waals surface area contributed by atoms with Crippen molar-refractivity contribution < 1.29 is 9.53 Å². The van der Waals surface area contributed by atoms with Gasteiger partial charge in [-0.15, -0.1) is 0 Å². The predicted molar refractivity (Wildman–Crippen MR) is 47.0 cm³/mol. The summed E-state index contributed by atoms with van der Waals surface area (Å²) in [5.74, 6) is -0.0833. The maximum absolute atomic E-state index is 10.4. The van der Waals surface area contributed by atoms with Gasteiger partial charge in [-0.05, 0) is 0 Å². The molecule has 0 bridgehead atoms. The number of amides is 1. The molecule has 1 amide bonds. The molecule has 1 heterocycles. The van der Waals surface area contributed by atoms with Gasteiger partial charge in [0.05, 0.1) is 6.54 Å². The lowest BCUT2D eigenvalue weighted by Crippen LogP contribution is -2.11. The van der Waals surface area contributed by atoms with Gasteiger partial charge < -0.3 is 4.74 Å². The van der Waals surface area contributed by atoms with Gasteiger partial charge in [0.1, 0.15) is 5.85 Å². The summed E-state index contributed by atoms with van der Waals surface area (Å²) in [4.78, 5) is 10.4. The third-order valence-electron chi connectivity index (χ3n) is 0.816. The van der Waals surface area contributed by atoms with Crippen molar-refractivity contribution in [2.75, 3.05) is 6.54 Å². The zero-order valence-electron chi connectivity index (χ0n) is 6.07. The zero-order valence-corrected chi connectivity index (χ0v) is 8.12. The largest absolute Gasteiger partial charge is 0.440 e. The molecule has 2 atom stereocenters. The van der Waals surface area contributed by atoms with E-state index in [1.807, 2.05) is 13.8 Å². The van der Waals surface area contributed by atoms with Crippen molar-refractivity contribution in [3.8, 4) is 0 Å². The number of carbonyl (C=O) groups is 1. The van der Waals surface area contributed by atoms with E-state index >= 15 is 0 Å². The van der Waals surface area contributed by atoms with Crippen LogP contribution in [0.3, 0.4) is 0 Å². The Morgan fingerprint density at radius 2 is 2.30 bits per heavy atom. The van der Waals surface area contributed by atoms with Crippen LogP contribution in [0.15, 0.2) is 0 Å². The molecular weight excluding hydrogens is 169 g/mol. The summed E-state index contributed by atoms with van der Waals surface area (Å²) in [6.45, 7) is 4.55. The molecule has 3 nitrogen and oxygen atoms in total. The average molecular weight is 181 g/mol. The third kappa shape index (κ3) is 2.76. The molecule has 0 saturated carbocycles. The van der Waals surface area contributed by atoms with Crippen LogP contribution in [0.5, 0.6) is 0 Å². The zero-order chi connectivity index (χ0) is 8.15. The smallest absolute Gasteiger partial charge is 0.420 e. The third-order valence-corrected chi connectivity index (χ3v) is 1.49. The lowest BCUT2D eigenvalue weighted by atomic mass is 10.7. The first kappa shape index (κ1) is 10.0. The molecule has 2 unspecified atom stereocenters. The van der Waals surface area contributed by atoms with E-state index in [1.165, 1.54) is 4.31 Å². The van der Waals surface area contributed by atoms with E-state index in [1.54, 1.807) is 0 Å². The Morgan fingerprint density at radius 1 is 1.80 bits per heavy atom. The fourth-order valence-corrected chi connectivity index (χ4v) is 1.19. The van der Waals surface area contributed by atoms with Gasteiger partial charge in [0.15, 0.2) is 0 Å². The molecule has 0 radical (unpaired) electrons. The number of ether oxygens (including phenoxy) is 1. The van der Waals surface area contributed by atoms with Crippen LogP contribution in [0.25, 0.3) is 0 Å². The van der Waals surface area contributed by atoms with Crippen LogP contribution in [-0.2, 0) is 4.74 Å². The molecule has 1 fully saturated rings. The molecule has 5 heteroatoms. The van der Waals surface area contributed by atoms with Crippen molar-refractivity contribution in [3.63, 3.8) is 0 Å². The van der Waals surface area contributed by atoms with E-state index in [9.17, 15) is 4.79 Å². The van der Waals surface area contributed by atoms with Crippen molar-refractivity contribution in [1.82, 2.24) is 4.31 Å². The number of hydrogen-bond acceptors (Lipinski definition) is 3. The Morgan fingerprint density at radius 3 is 2.40 bits per heavy atom. The van der Waals surface area contributed by atoms with E-state index < -0.39 is 0 Å². The number of hydrogen-bond donors (Lipinski definition) is 1. The Hall–Kier alpha value is 0.0500. The highest BCUT2D eigenvalue weighted by Crippen LogP contribution is 2.16. The van der Waals surface area contributed by atoms with Crippen molar-refractivity contribution in [1.29, 1.82) is 0 Å². The van der Waals surface area contributed by atoms with Gasteiger partial charge in [-0.2, -0.15) is 0 Å².